The Morgan fingerprint density at radius 1 is 1.31 bits per heavy atom. The summed E-state index contributed by atoms with van der Waals surface area (Å²) in [6.07, 6.45) is 3.92. The summed E-state index contributed by atoms with van der Waals surface area (Å²) in [5.41, 5.74) is 2.07. The lowest BCUT2D eigenvalue weighted by atomic mass is 10.0. The number of nitrogens with zero attached hydrogens (tertiary/aromatic N) is 1. The molecule has 3 nitrogen and oxygen atoms in total. The molecule has 2 heterocycles. The van der Waals surface area contributed by atoms with Gasteiger partial charge in [0.05, 0.1) is 18.2 Å². The molecular formula is C10H9NO2. The van der Waals surface area contributed by atoms with Crippen molar-refractivity contribution in [2.45, 2.75) is 12.8 Å². The second-order valence-electron chi connectivity index (χ2n) is 3.24. The van der Waals surface area contributed by atoms with Crippen molar-refractivity contribution in [3.63, 3.8) is 0 Å². The molecular weight excluding hydrogens is 166 g/mol. The smallest absolute Gasteiger partial charge is 0.170 e. The molecule has 1 aromatic heterocycles. The molecule has 66 valence electrons. The molecule has 0 fully saturated rings. The van der Waals surface area contributed by atoms with Gasteiger partial charge in [0.2, 0.25) is 0 Å². The summed E-state index contributed by atoms with van der Waals surface area (Å²) in [7, 11) is 0. The summed E-state index contributed by atoms with van der Waals surface area (Å²) in [5, 5.41) is 4.75. The van der Waals surface area contributed by atoms with Crippen LogP contribution in [0.5, 0.6) is 5.75 Å². The van der Waals surface area contributed by atoms with Gasteiger partial charge in [-0.05, 0) is 24.5 Å². The van der Waals surface area contributed by atoms with E-state index in [0.29, 0.717) is 0 Å². The molecule has 1 aliphatic heterocycles. The fourth-order valence-electron chi connectivity index (χ4n) is 1.77. The molecule has 0 radical (unpaired) electrons. The Morgan fingerprint density at radius 2 is 2.31 bits per heavy atom. The maximum Gasteiger partial charge on any atom is 0.170 e. The number of hydrogen-bond donors (Lipinski definition) is 0. The fourth-order valence-corrected chi connectivity index (χ4v) is 1.77. The Hall–Kier alpha value is -1.51. The lowest BCUT2D eigenvalue weighted by Crippen LogP contribution is -2.07. The van der Waals surface area contributed by atoms with Gasteiger partial charge in [-0.15, -0.1) is 0 Å². The van der Waals surface area contributed by atoms with Crippen LogP contribution in [0, 0.1) is 0 Å². The van der Waals surface area contributed by atoms with Crippen LogP contribution >= 0.6 is 0 Å². The second-order valence-corrected chi connectivity index (χ2v) is 3.24. The first-order valence-corrected chi connectivity index (χ1v) is 4.44. The first-order chi connectivity index (χ1) is 6.45. The molecule has 1 aromatic carbocycles. The van der Waals surface area contributed by atoms with E-state index in [1.54, 1.807) is 6.20 Å². The topological polar surface area (TPSA) is 35.3 Å². The van der Waals surface area contributed by atoms with Gasteiger partial charge in [-0.3, -0.25) is 0 Å². The van der Waals surface area contributed by atoms with E-state index in [9.17, 15) is 0 Å². The summed E-state index contributed by atoms with van der Waals surface area (Å²) in [4.78, 5) is 0. The second kappa shape index (κ2) is 2.49. The summed E-state index contributed by atoms with van der Waals surface area (Å²) >= 11 is 0. The molecule has 0 atom stereocenters. The van der Waals surface area contributed by atoms with Crippen molar-refractivity contribution >= 4 is 11.0 Å². The van der Waals surface area contributed by atoms with Gasteiger partial charge >= 0.3 is 0 Å². The van der Waals surface area contributed by atoms with Crippen LogP contribution in [-0.2, 0) is 6.42 Å². The third kappa shape index (κ3) is 0.932. The zero-order valence-corrected chi connectivity index (χ0v) is 7.12. The van der Waals surface area contributed by atoms with Gasteiger partial charge in [0, 0.05) is 0 Å². The van der Waals surface area contributed by atoms with E-state index in [0.717, 1.165) is 36.2 Å². The van der Waals surface area contributed by atoms with Crippen molar-refractivity contribution < 1.29 is 9.26 Å². The molecule has 1 aliphatic rings. The minimum absolute atomic E-state index is 0.803. The highest BCUT2D eigenvalue weighted by molar-refractivity contribution is 5.84. The van der Waals surface area contributed by atoms with Crippen molar-refractivity contribution in [2.75, 3.05) is 6.61 Å². The van der Waals surface area contributed by atoms with Crippen molar-refractivity contribution in [3.05, 3.63) is 23.9 Å². The maximum absolute atomic E-state index is 5.60. The van der Waals surface area contributed by atoms with E-state index >= 15 is 0 Å². The molecule has 2 aromatic rings. The van der Waals surface area contributed by atoms with Crippen LogP contribution in [0.15, 0.2) is 22.9 Å². The Morgan fingerprint density at radius 3 is 3.31 bits per heavy atom. The van der Waals surface area contributed by atoms with Crippen molar-refractivity contribution in [3.8, 4) is 5.75 Å². The summed E-state index contributed by atoms with van der Waals surface area (Å²) < 4.78 is 10.6. The normalized spacial score (nSPS) is 15.4. The summed E-state index contributed by atoms with van der Waals surface area (Å²) in [5.74, 6) is 0.963. The van der Waals surface area contributed by atoms with Gasteiger partial charge in [0.15, 0.2) is 5.58 Å². The van der Waals surface area contributed by atoms with Crippen LogP contribution in [0.4, 0.5) is 0 Å². The molecule has 3 heteroatoms. The van der Waals surface area contributed by atoms with E-state index in [2.05, 4.69) is 11.2 Å². The van der Waals surface area contributed by atoms with Crippen LogP contribution in [0.3, 0.4) is 0 Å². The monoisotopic (exact) mass is 175 g/mol. The fraction of sp³-hybridized carbons (Fsp3) is 0.300. The Balaban J connectivity index is 2.34. The number of ether oxygens (including phenoxy) is 1. The number of hydrogen-bond acceptors (Lipinski definition) is 3. The lowest BCUT2D eigenvalue weighted by Gasteiger charge is -2.16. The molecule has 0 unspecified atom stereocenters. The molecule has 0 spiro atoms. The molecule has 13 heavy (non-hydrogen) atoms. The van der Waals surface area contributed by atoms with Gasteiger partial charge in [-0.25, -0.2) is 0 Å². The van der Waals surface area contributed by atoms with Crippen molar-refractivity contribution in [2.24, 2.45) is 0 Å². The number of aromatic nitrogens is 1. The van der Waals surface area contributed by atoms with Crippen LogP contribution in [0.25, 0.3) is 11.0 Å². The first-order valence-electron chi connectivity index (χ1n) is 4.44. The van der Waals surface area contributed by atoms with Gasteiger partial charge in [0.1, 0.15) is 5.75 Å². The van der Waals surface area contributed by atoms with Crippen molar-refractivity contribution in [1.82, 2.24) is 5.16 Å². The van der Waals surface area contributed by atoms with E-state index in [1.165, 1.54) is 5.56 Å². The van der Waals surface area contributed by atoms with E-state index in [1.807, 2.05) is 6.07 Å². The van der Waals surface area contributed by atoms with E-state index in [-0.39, 0.29) is 0 Å². The predicted octanol–water partition coefficient (Wildman–Crippen LogP) is 2.15. The van der Waals surface area contributed by atoms with Crippen LogP contribution < -0.4 is 4.74 Å². The maximum atomic E-state index is 5.60. The van der Waals surface area contributed by atoms with Gasteiger partial charge < -0.3 is 9.26 Å². The highest BCUT2D eigenvalue weighted by Gasteiger charge is 2.15. The SMILES string of the molecule is c1cc2oncc2c2c1CCCO2. The number of rotatable bonds is 0. The Labute approximate surface area is 75.3 Å². The van der Waals surface area contributed by atoms with E-state index < -0.39 is 0 Å². The highest BCUT2D eigenvalue weighted by Crippen LogP contribution is 2.32. The zero-order valence-electron chi connectivity index (χ0n) is 7.12. The summed E-state index contributed by atoms with van der Waals surface area (Å²) in [6.45, 7) is 0.803. The lowest BCUT2D eigenvalue weighted by molar-refractivity contribution is 0.292. The standard InChI is InChI=1S/C10H9NO2/c1-2-7-3-4-9-8(6-11-13-9)10(7)12-5-1/h3-4,6H,1-2,5H2. The molecule has 0 saturated heterocycles. The Bertz CT molecular complexity index is 447. The molecule has 0 aliphatic carbocycles. The molecule has 3 rings (SSSR count). The highest BCUT2D eigenvalue weighted by atomic mass is 16.5. The quantitative estimate of drug-likeness (QED) is 0.615. The largest absolute Gasteiger partial charge is 0.492 e. The first kappa shape index (κ1) is 6.95. The Kier molecular flexibility index (Phi) is 1.33. The van der Waals surface area contributed by atoms with Gasteiger partial charge in [-0.1, -0.05) is 11.2 Å². The van der Waals surface area contributed by atoms with Crippen LogP contribution in [0.2, 0.25) is 0 Å². The number of benzene rings is 1. The van der Waals surface area contributed by atoms with Crippen LogP contribution in [-0.4, -0.2) is 11.8 Å². The average molecular weight is 175 g/mol. The molecule has 0 bridgehead atoms. The minimum atomic E-state index is 0.803. The third-order valence-electron chi connectivity index (χ3n) is 2.41. The average Bonchev–Trinajstić information content (AvgIpc) is 2.65. The minimum Gasteiger partial charge on any atom is -0.492 e. The van der Waals surface area contributed by atoms with Gasteiger partial charge in [-0.2, -0.15) is 0 Å². The van der Waals surface area contributed by atoms with Gasteiger partial charge in [0.25, 0.3) is 0 Å². The predicted molar refractivity (Wildman–Crippen MR) is 47.8 cm³/mol. The number of aryl methyl sites for hydroxylation is 1. The molecule has 0 amide bonds. The summed E-state index contributed by atoms with van der Waals surface area (Å²) in [6, 6.07) is 4.01. The molecule has 0 N–H and O–H groups in total. The third-order valence-corrected chi connectivity index (χ3v) is 2.41. The number of fused-ring (bicyclic) bond motifs is 3. The zero-order chi connectivity index (χ0) is 8.67. The van der Waals surface area contributed by atoms with E-state index in [4.69, 9.17) is 9.26 Å². The molecule has 0 saturated carbocycles. The van der Waals surface area contributed by atoms with Crippen LogP contribution in [0.1, 0.15) is 12.0 Å². The van der Waals surface area contributed by atoms with Crippen molar-refractivity contribution in [1.29, 1.82) is 0 Å².